The normalized spacial score (nSPS) is 10.7. The summed E-state index contributed by atoms with van der Waals surface area (Å²) < 4.78 is 5.21. The lowest BCUT2D eigenvalue weighted by Gasteiger charge is -2.08. The highest BCUT2D eigenvalue weighted by Gasteiger charge is 2.18. The van der Waals surface area contributed by atoms with Crippen molar-refractivity contribution in [3.63, 3.8) is 0 Å². The van der Waals surface area contributed by atoms with Crippen LogP contribution in [0.3, 0.4) is 0 Å². The topological polar surface area (TPSA) is 94.1 Å². The second kappa shape index (κ2) is 8.24. The van der Waals surface area contributed by atoms with Gasteiger partial charge in [0.1, 0.15) is 5.69 Å². The summed E-state index contributed by atoms with van der Waals surface area (Å²) in [5.41, 5.74) is 2.18. The van der Waals surface area contributed by atoms with E-state index in [9.17, 15) is 10.1 Å². The van der Waals surface area contributed by atoms with Crippen molar-refractivity contribution in [2.75, 3.05) is 11.9 Å². The standard InChI is InChI=1S/C19H20N4O3/c1-2-6-18-21-19(26-22-18)15-9-10-16(17(13-15)23(24)25)20-12-11-14-7-4-3-5-8-14/h3-5,7-10,13,20H,2,6,11-12H2,1H3. The number of benzene rings is 2. The van der Waals surface area contributed by atoms with E-state index in [1.807, 2.05) is 37.3 Å². The first-order valence-electron chi connectivity index (χ1n) is 8.56. The van der Waals surface area contributed by atoms with Crippen LogP contribution in [0.5, 0.6) is 0 Å². The van der Waals surface area contributed by atoms with Crippen LogP contribution in [-0.2, 0) is 12.8 Å². The Morgan fingerprint density at radius 1 is 1.15 bits per heavy atom. The van der Waals surface area contributed by atoms with E-state index < -0.39 is 4.92 Å². The third-order valence-corrected chi connectivity index (χ3v) is 3.96. The molecule has 1 N–H and O–H groups in total. The minimum atomic E-state index is -0.405. The van der Waals surface area contributed by atoms with Gasteiger partial charge in [0.05, 0.1) is 4.92 Å². The molecule has 0 saturated carbocycles. The molecular weight excluding hydrogens is 332 g/mol. The number of anilines is 1. The van der Waals surface area contributed by atoms with Crippen molar-refractivity contribution in [1.82, 2.24) is 10.1 Å². The molecule has 0 spiro atoms. The first kappa shape index (κ1) is 17.6. The number of nitrogens with one attached hydrogen (secondary N) is 1. The molecule has 0 saturated heterocycles. The van der Waals surface area contributed by atoms with Gasteiger partial charge in [-0.05, 0) is 30.5 Å². The molecule has 0 aliphatic carbocycles. The minimum Gasteiger partial charge on any atom is -0.379 e. The van der Waals surface area contributed by atoms with Crippen molar-refractivity contribution in [3.05, 3.63) is 70.0 Å². The fourth-order valence-corrected chi connectivity index (χ4v) is 2.65. The molecule has 7 nitrogen and oxygen atoms in total. The summed E-state index contributed by atoms with van der Waals surface area (Å²) in [4.78, 5) is 15.3. The number of nitro benzene ring substituents is 1. The molecule has 1 heterocycles. The largest absolute Gasteiger partial charge is 0.379 e. The molecule has 0 radical (unpaired) electrons. The summed E-state index contributed by atoms with van der Waals surface area (Å²) in [5, 5.41) is 18.5. The Balaban J connectivity index is 1.74. The van der Waals surface area contributed by atoms with Crippen molar-refractivity contribution in [2.24, 2.45) is 0 Å². The van der Waals surface area contributed by atoms with Crippen molar-refractivity contribution in [2.45, 2.75) is 26.2 Å². The number of hydrogen-bond acceptors (Lipinski definition) is 6. The number of hydrogen-bond donors (Lipinski definition) is 1. The molecule has 0 bridgehead atoms. The maximum Gasteiger partial charge on any atom is 0.293 e. The molecule has 3 rings (SSSR count). The van der Waals surface area contributed by atoms with Gasteiger partial charge in [-0.3, -0.25) is 10.1 Å². The maximum atomic E-state index is 11.4. The Bertz CT molecular complexity index is 878. The molecule has 134 valence electrons. The predicted molar refractivity (Wildman–Crippen MR) is 99.0 cm³/mol. The summed E-state index contributed by atoms with van der Waals surface area (Å²) in [6, 6.07) is 14.9. The Labute approximate surface area is 151 Å². The molecule has 2 aromatic carbocycles. The van der Waals surface area contributed by atoms with Gasteiger partial charge >= 0.3 is 0 Å². The maximum absolute atomic E-state index is 11.4. The van der Waals surface area contributed by atoms with Gasteiger partial charge in [0.25, 0.3) is 11.6 Å². The third kappa shape index (κ3) is 4.24. The summed E-state index contributed by atoms with van der Waals surface area (Å²) in [5.74, 6) is 0.905. The van der Waals surface area contributed by atoms with Crippen molar-refractivity contribution >= 4 is 11.4 Å². The number of nitrogens with zero attached hydrogens (tertiary/aromatic N) is 3. The smallest absolute Gasteiger partial charge is 0.293 e. The third-order valence-electron chi connectivity index (χ3n) is 3.96. The zero-order chi connectivity index (χ0) is 18.4. The van der Waals surface area contributed by atoms with E-state index in [0.717, 1.165) is 12.8 Å². The first-order chi connectivity index (χ1) is 12.7. The van der Waals surface area contributed by atoms with Crippen LogP contribution in [0, 0.1) is 10.1 Å². The van der Waals surface area contributed by atoms with Gasteiger partial charge in [-0.25, -0.2) is 0 Å². The SMILES string of the molecule is CCCc1noc(-c2ccc(NCCc3ccccc3)c([N+](=O)[O-])c2)n1. The molecule has 7 heteroatoms. The van der Waals surface area contributed by atoms with Gasteiger partial charge in [-0.2, -0.15) is 4.98 Å². The summed E-state index contributed by atoms with van der Waals surface area (Å²) in [7, 11) is 0. The lowest BCUT2D eigenvalue weighted by Crippen LogP contribution is -2.07. The molecule has 0 aliphatic rings. The molecule has 0 aliphatic heterocycles. The molecule has 0 fully saturated rings. The number of rotatable bonds is 8. The Morgan fingerprint density at radius 2 is 1.96 bits per heavy atom. The van der Waals surface area contributed by atoms with E-state index in [1.54, 1.807) is 12.1 Å². The lowest BCUT2D eigenvalue weighted by molar-refractivity contribution is -0.383. The van der Waals surface area contributed by atoms with Gasteiger partial charge in [0.15, 0.2) is 5.82 Å². The Hall–Kier alpha value is -3.22. The Morgan fingerprint density at radius 3 is 2.69 bits per heavy atom. The van der Waals surface area contributed by atoms with E-state index in [0.29, 0.717) is 35.9 Å². The quantitative estimate of drug-likeness (QED) is 0.481. The van der Waals surface area contributed by atoms with E-state index in [-0.39, 0.29) is 5.69 Å². The highest BCUT2D eigenvalue weighted by atomic mass is 16.6. The van der Waals surface area contributed by atoms with Crippen molar-refractivity contribution < 1.29 is 9.45 Å². The van der Waals surface area contributed by atoms with E-state index in [1.165, 1.54) is 11.6 Å². The van der Waals surface area contributed by atoms with Crippen molar-refractivity contribution in [3.8, 4) is 11.5 Å². The van der Waals surface area contributed by atoms with Gasteiger partial charge in [0.2, 0.25) is 0 Å². The van der Waals surface area contributed by atoms with Crippen LogP contribution in [0.2, 0.25) is 0 Å². The van der Waals surface area contributed by atoms with Crippen molar-refractivity contribution in [1.29, 1.82) is 0 Å². The second-order valence-corrected chi connectivity index (χ2v) is 5.92. The van der Waals surface area contributed by atoms with E-state index in [2.05, 4.69) is 15.5 Å². The highest BCUT2D eigenvalue weighted by Crippen LogP contribution is 2.30. The van der Waals surface area contributed by atoms with E-state index in [4.69, 9.17) is 4.52 Å². The van der Waals surface area contributed by atoms with Crippen LogP contribution in [0.1, 0.15) is 24.7 Å². The fourth-order valence-electron chi connectivity index (χ4n) is 2.65. The van der Waals surface area contributed by atoms with Crippen LogP contribution in [-0.4, -0.2) is 21.6 Å². The number of aryl methyl sites for hydroxylation is 1. The molecule has 0 atom stereocenters. The molecular formula is C19H20N4O3. The minimum absolute atomic E-state index is 0.00852. The average Bonchev–Trinajstić information content (AvgIpc) is 3.12. The van der Waals surface area contributed by atoms with Crippen LogP contribution in [0.25, 0.3) is 11.5 Å². The molecule has 0 amide bonds. The van der Waals surface area contributed by atoms with Crippen LogP contribution >= 0.6 is 0 Å². The summed E-state index contributed by atoms with van der Waals surface area (Å²) in [6.07, 6.45) is 2.40. The van der Waals surface area contributed by atoms with Gasteiger partial charge in [-0.15, -0.1) is 0 Å². The molecule has 3 aromatic rings. The number of nitro groups is 1. The molecule has 1 aromatic heterocycles. The monoisotopic (exact) mass is 352 g/mol. The molecule has 0 unspecified atom stereocenters. The number of aromatic nitrogens is 2. The first-order valence-corrected chi connectivity index (χ1v) is 8.56. The van der Waals surface area contributed by atoms with Gasteiger partial charge in [-0.1, -0.05) is 42.4 Å². The Kier molecular flexibility index (Phi) is 5.58. The second-order valence-electron chi connectivity index (χ2n) is 5.92. The fraction of sp³-hybridized carbons (Fsp3) is 0.263. The summed E-state index contributed by atoms with van der Waals surface area (Å²) >= 11 is 0. The molecule has 26 heavy (non-hydrogen) atoms. The van der Waals surface area contributed by atoms with E-state index >= 15 is 0 Å². The summed E-state index contributed by atoms with van der Waals surface area (Å²) in [6.45, 7) is 2.63. The highest BCUT2D eigenvalue weighted by molar-refractivity contribution is 5.69. The lowest BCUT2D eigenvalue weighted by atomic mass is 10.1. The van der Waals surface area contributed by atoms with Gasteiger partial charge < -0.3 is 9.84 Å². The van der Waals surface area contributed by atoms with Crippen LogP contribution in [0.4, 0.5) is 11.4 Å². The zero-order valence-corrected chi connectivity index (χ0v) is 14.5. The van der Waals surface area contributed by atoms with Gasteiger partial charge in [0, 0.05) is 24.6 Å². The van der Waals surface area contributed by atoms with Crippen LogP contribution < -0.4 is 5.32 Å². The average molecular weight is 352 g/mol. The predicted octanol–water partition coefficient (Wildman–Crippen LogP) is 4.25. The van der Waals surface area contributed by atoms with Crippen LogP contribution in [0.15, 0.2) is 53.1 Å². The zero-order valence-electron chi connectivity index (χ0n) is 14.5.